The molecule has 0 aliphatic heterocycles. The molecule has 1 radical (unpaired) electrons. The highest BCUT2D eigenvalue weighted by Crippen LogP contribution is 2.55. The van der Waals surface area contributed by atoms with Crippen molar-refractivity contribution in [3.63, 3.8) is 0 Å². The van der Waals surface area contributed by atoms with Crippen LogP contribution in [-0.2, 0) is 0 Å². The van der Waals surface area contributed by atoms with Crippen LogP contribution in [0.15, 0.2) is 167 Å². The topological polar surface area (TPSA) is 18.5 Å². The second-order valence-corrected chi connectivity index (χ2v) is 30.3. The molecule has 2 nitrogen and oxygen atoms in total. The summed E-state index contributed by atoms with van der Waals surface area (Å²) in [5.74, 6) is 2.51. The van der Waals surface area contributed by atoms with Crippen molar-refractivity contribution in [1.82, 2.24) is 0 Å². The monoisotopic (exact) mass is 869 g/mol. The van der Waals surface area contributed by atoms with Gasteiger partial charge in [0.25, 0.3) is 0 Å². The second-order valence-electron chi connectivity index (χ2n) is 18.2. The van der Waals surface area contributed by atoms with Gasteiger partial charge in [0.05, 0.1) is 8.80 Å². The molecule has 0 bridgehead atoms. The molecule has 0 aromatic heterocycles. The van der Waals surface area contributed by atoms with Gasteiger partial charge in [-0.3, -0.25) is 0 Å². The molecule has 4 aliphatic rings. The lowest BCUT2D eigenvalue weighted by molar-refractivity contribution is 0.532. The predicted molar refractivity (Wildman–Crippen MR) is 276 cm³/mol. The molecule has 4 atom stereocenters. The van der Waals surface area contributed by atoms with E-state index in [2.05, 4.69) is 195 Å². The van der Waals surface area contributed by atoms with Crippen LogP contribution in [0.5, 0.6) is 11.5 Å². The molecule has 5 heteroatoms. The van der Waals surface area contributed by atoms with Crippen LogP contribution in [-0.4, -0.2) is 25.4 Å². The van der Waals surface area contributed by atoms with E-state index >= 15 is 0 Å². The molecule has 0 saturated heterocycles. The van der Waals surface area contributed by atoms with Crippen LogP contribution in [0, 0.1) is 0 Å². The van der Waals surface area contributed by atoms with E-state index in [0.717, 1.165) is 60.6 Å². The van der Waals surface area contributed by atoms with Crippen molar-refractivity contribution < 1.29 is 8.85 Å². The fourth-order valence-corrected chi connectivity index (χ4v) is 19.8. The molecule has 4 aromatic carbocycles. The molecule has 4 unspecified atom stereocenters. The van der Waals surface area contributed by atoms with Crippen LogP contribution >= 0.6 is 0 Å². The highest BCUT2D eigenvalue weighted by Gasteiger charge is 2.42. The SMILES string of the molecule is CCC1=CC2=C(C=CC=CC2c2ccc3cc(O[Si](CC)(CC)CC)ccc3c2)C1[Si](C)C1C(CC)=CC2=C1C=CC=CC2c1ccc2cc(O[Si](CC)(CC)CC)ccc2c1. The zero-order valence-corrected chi connectivity index (χ0v) is 42.0. The number of benzene rings is 4. The largest absolute Gasteiger partial charge is 0.543 e. The summed E-state index contributed by atoms with van der Waals surface area (Å²) < 4.78 is 13.6. The molecule has 0 spiro atoms. The Hall–Kier alpha value is -4.43. The van der Waals surface area contributed by atoms with Gasteiger partial charge in [0.15, 0.2) is 0 Å². The lowest BCUT2D eigenvalue weighted by atomic mass is 9.88. The maximum absolute atomic E-state index is 6.79. The van der Waals surface area contributed by atoms with Crippen LogP contribution in [0.3, 0.4) is 0 Å². The Balaban J connectivity index is 1.10. The molecule has 4 aliphatic carbocycles. The molecule has 0 N–H and O–H groups in total. The highest BCUT2D eigenvalue weighted by atomic mass is 28.4. The van der Waals surface area contributed by atoms with Crippen LogP contribution in [0.4, 0.5) is 0 Å². The lowest BCUT2D eigenvalue weighted by Gasteiger charge is -2.31. The van der Waals surface area contributed by atoms with E-state index in [-0.39, 0.29) is 11.8 Å². The van der Waals surface area contributed by atoms with Gasteiger partial charge in [-0.2, -0.15) is 0 Å². The molecule has 0 heterocycles. The Bertz CT molecular complexity index is 2380. The molecule has 321 valence electrons. The number of hydrogen-bond acceptors (Lipinski definition) is 2. The highest BCUT2D eigenvalue weighted by molar-refractivity contribution is 6.74. The molecular formula is C57H69O2Si3. The summed E-state index contributed by atoms with van der Waals surface area (Å²) in [6.07, 6.45) is 26.4. The number of allylic oxidation sites excluding steroid dienone is 16. The smallest absolute Gasteiger partial charge is 0.250 e. The quantitative estimate of drug-likeness (QED) is 0.104. The zero-order valence-electron chi connectivity index (χ0n) is 39.0. The minimum Gasteiger partial charge on any atom is -0.543 e. The summed E-state index contributed by atoms with van der Waals surface area (Å²) >= 11 is 0. The Kier molecular flexibility index (Phi) is 13.4. The van der Waals surface area contributed by atoms with Crippen molar-refractivity contribution in [3.05, 3.63) is 178 Å². The van der Waals surface area contributed by atoms with Crippen LogP contribution < -0.4 is 8.85 Å². The first-order valence-electron chi connectivity index (χ1n) is 24.0. The fourth-order valence-electron chi connectivity index (χ4n) is 11.1. The molecule has 8 rings (SSSR count). The normalized spacial score (nSPS) is 21.1. The van der Waals surface area contributed by atoms with Gasteiger partial charge in [-0.1, -0.05) is 182 Å². The minimum atomic E-state index is -1.74. The number of rotatable bonds is 16. The maximum atomic E-state index is 6.79. The van der Waals surface area contributed by atoms with E-state index in [4.69, 9.17) is 8.85 Å². The standard InChI is InChI=1S/C57H69O2Si3/c1-10-40-38-54-50(46-28-26-44-36-48(32-30-42(44)34-46)58-61(12-3,13-4)14-5)22-18-20-24-52(54)56(40)60(9)57-41(11-2)39-55-51(23-19-21-25-53(55)57)47-29-27-45-37-49(33-31-43(45)35-47)59-62(15-6,16-7)17-8/h18-39,50-51,56-57H,10-17H2,1-9H3. The van der Waals surface area contributed by atoms with Crippen molar-refractivity contribution in [2.24, 2.45) is 0 Å². The Morgan fingerprint density at radius 1 is 0.452 bits per heavy atom. The summed E-state index contributed by atoms with van der Waals surface area (Å²) in [6, 6.07) is 34.7. The van der Waals surface area contributed by atoms with E-state index in [0.29, 0.717) is 11.1 Å². The van der Waals surface area contributed by atoms with Gasteiger partial charge in [0, 0.05) is 11.8 Å². The fraction of sp³-hybridized carbons (Fsp3) is 0.368. The van der Waals surface area contributed by atoms with Crippen molar-refractivity contribution in [3.8, 4) is 11.5 Å². The van der Waals surface area contributed by atoms with E-state index in [1.54, 1.807) is 22.3 Å². The Morgan fingerprint density at radius 3 is 1.19 bits per heavy atom. The van der Waals surface area contributed by atoms with Crippen molar-refractivity contribution in [2.75, 3.05) is 0 Å². The van der Waals surface area contributed by atoms with E-state index in [1.165, 1.54) is 43.8 Å². The third-order valence-electron chi connectivity index (χ3n) is 15.4. The van der Waals surface area contributed by atoms with E-state index in [9.17, 15) is 0 Å². The predicted octanol–water partition coefficient (Wildman–Crippen LogP) is 17.0. The summed E-state index contributed by atoms with van der Waals surface area (Å²) in [7, 11) is -4.48. The van der Waals surface area contributed by atoms with Gasteiger partial charge >= 0.3 is 0 Å². The average Bonchev–Trinajstić information content (AvgIpc) is 3.70. The minimum absolute atomic E-state index is 0.220. The van der Waals surface area contributed by atoms with E-state index in [1.807, 2.05) is 0 Å². The van der Waals surface area contributed by atoms with Crippen molar-refractivity contribution in [2.45, 2.75) is 134 Å². The summed E-state index contributed by atoms with van der Waals surface area (Å²) in [5, 5.41) is 5.09. The van der Waals surface area contributed by atoms with Gasteiger partial charge in [-0.25, -0.2) is 0 Å². The molecule has 0 amide bonds. The van der Waals surface area contributed by atoms with Gasteiger partial charge in [0.2, 0.25) is 16.6 Å². The first kappa shape index (κ1) is 44.2. The van der Waals surface area contributed by atoms with Crippen LogP contribution in [0.2, 0.25) is 53.9 Å². The van der Waals surface area contributed by atoms with Crippen LogP contribution in [0.1, 0.15) is 91.2 Å². The first-order valence-corrected chi connectivity index (χ1v) is 31.3. The second kappa shape index (κ2) is 18.7. The maximum Gasteiger partial charge on any atom is 0.250 e. The third kappa shape index (κ3) is 8.26. The molecule has 0 saturated carbocycles. The Labute approximate surface area is 377 Å². The number of fused-ring (bicyclic) bond motifs is 2. The Morgan fingerprint density at radius 2 is 0.823 bits per heavy atom. The number of hydrogen-bond donors (Lipinski definition) is 0. The van der Waals surface area contributed by atoms with Crippen molar-refractivity contribution >= 4 is 47.0 Å². The van der Waals surface area contributed by atoms with Crippen molar-refractivity contribution in [1.29, 1.82) is 0 Å². The van der Waals surface area contributed by atoms with Crippen LogP contribution in [0.25, 0.3) is 21.5 Å². The van der Waals surface area contributed by atoms with E-state index < -0.39 is 25.4 Å². The molecule has 4 aromatic rings. The summed E-state index contributed by atoms with van der Waals surface area (Å²) in [6.45, 7) is 21.2. The summed E-state index contributed by atoms with van der Waals surface area (Å²) in [4.78, 5) is 0. The molecule has 0 fully saturated rings. The molecule has 62 heavy (non-hydrogen) atoms. The lowest BCUT2D eigenvalue weighted by Crippen LogP contribution is -2.39. The summed E-state index contributed by atoms with van der Waals surface area (Å²) in [5.41, 5.74) is 13.0. The zero-order chi connectivity index (χ0) is 43.6. The van der Waals surface area contributed by atoms with Gasteiger partial charge in [-0.15, -0.1) is 0 Å². The van der Waals surface area contributed by atoms with Gasteiger partial charge in [-0.05, 0) is 139 Å². The average molecular weight is 870 g/mol. The molecular weight excluding hydrogens is 801 g/mol. The van der Waals surface area contributed by atoms with Gasteiger partial charge < -0.3 is 8.85 Å². The van der Waals surface area contributed by atoms with Gasteiger partial charge in [0.1, 0.15) is 11.5 Å². The third-order valence-corrected chi connectivity index (χ3v) is 27.7. The first-order chi connectivity index (χ1) is 30.2.